The van der Waals surface area contributed by atoms with Gasteiger partial charge in [-0.1, -0.05) is 30.3 Å². The molecule has 1 aromatic carbocycles. The SMILES string of the molecule is c1ccc(CN2CCC(NC3=NCCCCN3)CC2)cc1. The summed E-state index contributed by atoms with van der Waals surface area (Å²) in [4.78, 5) is 7.14. The van der Waals surface area contributed by atoms with E-state index in [-0.39, 0.29) is 0 Å². The van der Waals surface area contributed by atoms with Gasteiger partial charge in [0.2, 0.25) is 0 Å². The van der Waals surface area contributed by atoms with Crippen molar-refractivity contribution in [2.45, 2.75) is 38.3 Å². The number of nitrogens with one attached hydrogen (secondary N) is 2. The number of aliphatic imine (C=N–C) groups is 1. The van der Waals surface area contributed by atoms with Gasteiger partial charge in [0.1, 0.15) is 0 Å². The zero-order valence-electron chi connectivity index (χ0n) is 12.7. The van der Waals surface area contributed by atoms with Gasteiger partial charge < -0.3 is 10.6 Å². The predicted octanol–water partition coefficient (Wildman–Crippen LogP) is 1.98. The zero-order valence-corrected chi connectivity index (χ0v) is 12.7. The summed E-state index contributed by atoms with van der Waals surface area (Å²) < 4.78 is 0. The van der Waals surface area contributed by atoms with Gasteiger partial charge in [0.25, 0.3) is 0 Å². The summed E-state index contributed by atoms with van der Waals surface area (Å²) in [6.07, 6.45) is 4.83. The molecule has 0 spiro atoms. The number of guanidine groups is 1. The molecule has 2 heterocycles. The molecule has 2 aliphatic rings. The Kier molecular flexibility index (Phi) is 5.11. The maximum atomic E-state index is 4.58. The molecule has 0 amide bonds. The third kappa shape index (κ3) is 4.46. The Labute approximate surface area is 127 Å². The van der Waals surface area contributed by atoms with E-state index in [2.05, 4.69) is 50.9 Å². The third-order valence-electron chi connectivity index (χ3n) is 4.32. The van der Waals surface area contributed by atoms with Gasteiger partial charge in [0.05, 0.1) is 0 Å². The molecule has 0 bridgehead atoms. The highest BCUT2D eigenvalue weighted by Gasteiger charge is 2.20. The first-order valence-corrected chi connectivity index (χ1v) is 8.21. The van der Waals surface area contributed by atoms with Crippen LogP contribution in [0, 0.1) is 0 Å². The standard InChI is InChI=1S/C17H26N4/c1-2-6-15(7-3-1)14-21-12-8-16(9-13-21)20-17-18-10-4-5-11-19-17/h1-3,6-7,16H,4-5,8-14H2,(H2,18,19,20). The van der Waals surface area contributed by atoms with Crippen LogP contribution in [0.1, 0.15) is 31.2 Å². The van der Waals surface area contributed by atoms with E-state index >= 15 is 0 Å². The highest BCUT2D eigenvalue weighted by atomic mass is 15.2. The van der Waals surface area contributed by atoms with E-state index in [9.17, 15) is 0 Å². The Morgan fingerprint density at radius 2 is 1.95 bits per heavy atom. The molecule has 0 unspecified atom stereocenters. The Bertz CT molecular complexity index is 449. The lowest BCUT2D eigenvalue weighted by Crippen LogP contribution is -2.48. The average Bonchev–Trinajstić information content (AvgIpc) is 2.79. The fourth-order valence-electron chi connectivity index (χ4n) is 3.06. The van der Waals surface area contributed by atoms with Crippen LogP contribution in [0.5, 0.6) is 0 Å². The van der Waals surface area contributed by atoms with Crippen LogP contribution < -0.4 is 10.6 Å². The molecule has 0 aromatic heterocycles. The van der Waals surface area contributed by atoms with Crippen LogP contribution in [0.4, 0.5) is 0 Å². The minimum atomic E-state index is 0.571. The van der Waals surface area contributed by atoms with Gasteiger partial charge in [-0.15, -0.1) is 0 Å². The summed E-state index contributed by atoms with van der Waals surface area (Å²) >= 11 is 0. The summed E-state index contributed by atoms with van der Waals surface area (Å²) in [5.41, 5.74) is 1.42. The van der Waals surface area contributed by atoms with Crippen LogP contribution in [0.25, 0.3) is 0 Å². The molecule has 0 aliphatic carbocycles. The summed E-state index contributed by atoms with van der Waals surface area (Å²) in [7, 11) is 0. The second-order valence-electron chi connectivity index (χ2n) is 6.04. The number of likely N-dealkylation sites (tertiary alicyclic amines) is 1. The number of nitrogens with zero attached hydrogens (tertiary/aromatic N) is 2. The minimum absolute atomic E-state index is 0.571. The van der Waals surface area contributed by atoms with Gasteiger partial charge in [-0.05, 0) is 31.2 Å². The van der Waals surface area contributed by atoms with Crippen molar-refractivity contribution in [2.24, 2.45) is 4.99 Å². The van der Waals surface area contributed by atoms with Crippen LogP contribution >= 0.6 is 0 Å². The first kappa shape index (κ1) is 14.4. The van der Waals surface area contributed by atoms with Gasteiger partial charge in [-0.3, -0.25) is 9.89 Å². The lowest BCUT2D eigenvalue weighted by molar-refractivity contribution is 0.198. The fraction of sp³-hybridized carbons (Fsp3) is 0.588. The molecule has 2 aliphatic heterocycles. The van der Waals surface area contributed by atoms with E-state index in [4.69, 9.17) is 0 Å². The third-order valence-corrected chi connectivity index (χ3v) is 4.32. The molecule has 0 saturated carbocycles. The maximum absolute atomic E-state index is 4.58. The van der Waals surface area contributed by atoms with Crippen LogP contribution in [0.3, 0.4) is 0 Å². The lowest BCUT2D eigenvalue weighted by Gasteiger charge is -2.33. The quantitative estimate of drug-likeness (QED) is 0.892. The molecule has 2 N–H and O–H groups in total. The number of benzene rings is 1. The van der Waals surface area contributed by atoms with Crippen LogP contribution in [-0.4, -0.2) is 43.1 Å². The topological polar surface area (TPSA) is 39.7 Å². The normalized spacial score (nSPS) is 21.2. The highest BCUT2D eigenvalue weighted by molar-refractivity contribution is 5.80. The van der Waals surface area contributed by atoms with Crippen molar-refractivity contribution in [3.05, 3.63) is 35.9 Å². The zero-order chi connectivity index (χ0) is 14.3. The average molecular weight is 286 g/mol. The molecule has 21 heavy (non-hydrogen) atoms. The Morgan fingerprint density at radius 3 is 2.76 bits per heavy atom. The Hall–Kier alpha value is -1.55. The van der Waals surface area contributed by atoms with Crippen molar-refractivity contribution in [1.82, 2.24) is 15.5 Å². The molecule has 1 fully saturated rings. The fourth-order valence-corrected chi connectivity index (χ4v) is 3.06. The molecule has 1 saturated heterocycles. The van der Waals surface area contributed by atoms with Gasteiger partial charge in [0.15, 0.2) is 5.96 Å². The molecule has 4 heteroatoms. The maximum Gasteiger partial charge on any atom is 0.191 e. The van der Waals surface area contributed by atoms with Crippen LogP contribution in [0.15, 0.2) is 35.3 Å². The summed E-state index contributed by atoms with van der Waals surface area (Å²) in [6.45, 7) is 5.42. The molecule has 1 aromatic rings. The minimum Gasteiger partial charge on any atom is -0.356 e. The molecule has 0 radical (unpaired) electrons. The molecule has 3 rings (SSSR count). The van der Waals surface area contributed by atoms with Crippen LogP contribution in [0.2, 0.25) is 0 Å². The number of rotatable bonds is 3. The van der Waals surface area contributed by atoms with E-state index in [1.165, 1.54) is 44.3 Å². The first-order chi connectivity index (χ1) is 10.4. The predicted molar refractivity (Wildman–Crippen MR) is 87.4 cm³/mol. The number of hydrogen-bond donors (Lipinski definition) is 2. The van der Waals surface area contributed by atoms with Gasteiger partial charge >= 0.3 is 0 Å². The number of piperidine rings is 1. The second kappa shape index (κ2) is 7.46. The van der Waals surface area contributed by atoms with E-state index < -0.39 is 0 Å². The lowest BCUT2D eigenvalue weighted by atomic mass is 10.0. The molecule has 0 atom stereocenters. The van der Waals surface area contributed by atoms with E-state index in [0.717, 1.165) is 25.6 Å². The van der Waals surface area contributed by atoms with E-state index in [1.807, 2.05) is 0 Å². The summed E-state index contributed by atoms with van der Waals surface area (Å²) in [6, 6.07) is 11.3. The van der Waals surface area contributed by atoms with Crippen LogP contribution in [-0.2, 0) is 6.54 Å². The molecule has 114 valence electrons. The first-order valence-electron chi connectivity index (χ1n) is 8.21. The van der Waals surface area contributed by atoms with Gasteiger partial charge in [-0.2, -0.15) is 0 Å². The van der Waals surface area contributed by atoms with Crippen molar-refractivity contribution in [3.8, 4) is 0 Å². The van der Waals surface area contributed by atoms with Crippen molar-refractivity contribution < 1.29 is 0 Å². The second-order valence-corrected chi connectivity index (χ2v) is 6.04. The smallest absolute Gasteiger partial charge is 0.191 e. The molecule has 4 nitrogen and oxygen atoms in total. The van der Waals surface area contributed by atoms with Gasteiger partial charge in [0, 0.05) is 38.8 Å². The largest absolute Gasteiger partial charge is 0.356 e. The summed E-state index contributed by atoms with van der Waals surface area (Å²) in [5, 5.41) is 7.00. The van der Waals surface area contributed by atoms with Gasteiger partial charge in [-0.25, -0.2) is 0 Å². The molecular weight excluding hydrogens is 260 g/mol. The molecular formula is C17H26N4. The van der Waals surface area contributed by atoms with Crippen molar-refractivity contribution in [1.29, 1.82) is 0 Å². The van der Waals surface area contributed by atoms with Crippen molar-refractivity contribution in [2.75, 3.05) is 26.2 Å². The highest BCUT2D eigenvalue weighted by Crippen LogP contribution is 2.13. The summed E-state index contributed by atoms with van der Waals surface area (Å²) in [5.74, 6) is 1.02. The van der Waals surface area contributed by atoms with Crippen molar-refractivity contribution in [3.63, 3.8) is 0 Å². The van der Waals surface area contributed by atoms with E-state index in [0.29, 0.717) is 6.04 Å². The Morgan fingerprint density at radius 1 is 1.14 bits per heavy atom. The Balaban J connectivity index is 1.43. The van der Waals surface area contributed by atoms with Crippen molar-refractivity contribution >= 4 is 5.96 Å². The van der Waals surface area contributed by atoms with E-state index in [1.54, 1.807) is 0 Å². The number of hydrogen-bond acceptors (Lipinski definition) is 4. The monoisotopic (exact) mass is 286 g/mol.